The van der Waals surface area contributed by atoms with E-state index in [2.05, 4.69) is 11.4 Å². The molecule has 31 heavy (non-hydrogen) atoms. The molecular formula is C24H21Cl2N3O2. The highest BCUT2D eigenvalue weighted by molar-refractivity contribution is 6.35. The highest BCUT2D eigenvalue weighted by atomic mass is 35.5. The number of benzene rings is 2. The van der Waals surface area contributed by atoms with Crippen molar-refractivity contribution < 1.29 is 9.59 Å². The Labute approximate surface area is 191 Å². The van der Waals surface area contributed by atoms with Crippen molar-refractivity contribution in [2.75, 3.05) is 10.2 Å². The first-order chi connectivity index (χ1) is 14.6. The first-order valence-corrected chi connectivity index (χ1v) is 10.7. The monoisotopic (exact) mass is 453 g/mol. The molecule has 1 amide bonds. The van der Waals surface area contributed by atoms with E-state index in [1.54, 1.807) is 30.3 Å². The summed E-state index contributed by atoms with van der Waals surface area (Å²) < 4.78 is 0. The van der Waals surface area contributed by atoms with Crippen molar-refractivity contribution >= 4 is 46.3 Å². The Kier molecular flexibility index (Phi) is 5.33. The summed E-state index contributed by atoms with van der Waals surface area (Å²) in [5.74, 6) is -0.347. The van der Waals surface area contributed by atoms with Crippen LogP contribution in [0, 0.1) is 16.7 Å². The number of ketones is 1. The molecule has 1 aliphatic heterocycles. The van der Waals surface area contributed by atoms with Crippen molar-refractivity contribution in [2.45, 2.75) is 39.7 Å². The van der Waals surface area contributed by atoms with Crippen LogP contribution in [0.3, 0.4) is 0 Å². The van der Waals surface area contributed by atoms with E-state index >= 15 is 0 Å². The molecule has 0 fully saturated rings. The lowest BCUT2D eigenvalue weighted by atomic mass is 9.73. The number of hydrogen-bond donors (Lipinski definition) is 1. The maximum Gasteiger partial charge on any atom is 0.224 e. The van der Waals surface area contributed by atoms with Crippen LogP contribution in [-0.2, 0) is 9.59 Å². The Morgan fingerprint density at radius 3 is 2.61 bits per heavy atom. The van der Waals surface area contributed by atoms with Gasteiger partial charge in [-0.1, -0.05) is 49.2 Å². The average molecular weight is 454 g/mol. The Balaban J connectivity index is 2.09. The van der Waals surface area contributed by atoms with E-state index in [-0.39, 0.29) is 17.1 Å². The molecule has 0 aromatic heterocycles. The van der Waals surface area contributed by atoms with Crippen molar-refractivity contribution in [3.8, 4) is 6.07 Å². The fourth-order valence-electron chi connectivity index (χ4n) is 4.54. The van der Waals surface area contributed by atoms with Crippen molar-refractivity contribution in [1.82, 2.24) is 0 Å². The molecule has 4 rings (SSSR count). The number of nitrogens with one attached hydrogen (secondary N) is 1. The van der Waals surface area contributed by atoms with Crippen LogP contribution in [0.4, 0.5) is 11.4 Å². The number of amides is 1. The molecule has 5 nitrogen and oxygen atoms in total. The molecule has 1 unspecified atom stereocenters. The van der Waals surface area contributed by atoms with Crippen LogP contribution in [0.2, 0.25) is 10.0 Å². The van der Waals surface area contributed by atoms with Crippen LogP contribution in [0.1, 0.15) is 50.8 Å². The predicted octanol–water partition coefficient (Wildman–Crippen LogP) is 6.03. The average Bonchev–Trinajstić information content (AvgIpc) is 2.81. The van der Waals surface area contributed by atoms with Crippen LogP contribution in [-0.4, -0.2) is 11.7 Å². The van der Waals surface area contributed by atoms with E-state index in [9.17, 15) is 14.9 Å². The minimum Gasteiger partial charge on any atom is -0.357 e. The Hall–Kier alpha value is -2.81. The fraction of sp³-hybridized carbons (Fsp3) is 0.292. The van der Waals surface area contributed by atoms with Crippen LogP contribution < -0.4 is 10.2 Å². The van der Waals surface area contributed by atoms with E-state index < -0.39 is 6.04 Å². The first-order valence-electron chi connectivity index (χ1n) is 9.94. The van der Waals surface area contributed by atoms with Gasteiger partial charge >= 0.3 is 0 Å². The summed E-state index contributed by atoms with van der Waals surface area (Å²) in [6, 6.07) is 11.7. The number of nitrogens with zero attached hydrogens (tertiary/aromatic N) is 2. The van der Waals surface area contributed by atoms with E-state index in [4.69, 9.17) is 23.2 Å². The second-order valence-corrected chi connectivity index (χ2v) is 9.57. The number of carbonyl (C=O) groups excluding carboxylic acids is 2. The van der Waals surface area contributed by atoms with Gasteiger partial charge in [-0.2, -0.15) is 5.26 Å². The van der Waals surface area contributed by atoms with Gasteiger partial charge in [0, 0.05) is 34.7 Å². The SMILES string of the molecule is CC(=O)N1c2c(C#N)cccc2NC2=C(C(=O)CC(C)(C)C2)C1c1ccc(Cl)cc1Cl. The van der Waals surface area contributed by atoms with E-state index in [1.165, 1.54) is 11.8 Å². The molecule has 1 N–H and O–H groups in total. The molecule has 0 spiro atoms. The van der Waals surface area contributed by atoms with Crippen LogP contribution in [0.25, 0.3) is 0 Å². The van der Waals surface area contributed by atoms with Crippen molar-refractivity contribution in [3.05, 3.63) is 68.8 Å². The number of halogens is 2. The largest absolute Gasteiger partial charge is 0.357 e. The number of hydrogen-bond acceptors (Lipinski definition) is 4. The number of carbonyl (C=O) groups is 2. The molecule has 1 aliphatic carbocycles. The minimum absolute atomic E-state index is 0.0488. The molecule has 158 valence electrons. The van der Waals surface area contributed by atoms with Gasteiger partial charge in [0.25, 0.3) is 0 Å². The van der Waals surface area contributed by atoms with Gasteiger partial charge in [-0.15, -0.1) is 0 Å². The van der Waals surface area contributed by atoms with Gasteiger partial charge in [0.05, 0.1) is 23.0 Å². The van der Waals surface area contributed by atoms with Gasteiger partial charge in [0.15, 0.2) is 5.78 Å². The Bertz CT molecular complexity index is 1190. The smallest absolute Gasteiger partial charge is 0.224 e. The third kappa shape index (κ3) is 3.71. The number of anilines is 2. The van der Waals surface area contributed by atoms with E-state index in [0.717, 1.165) is 5.70 Å². The van der Waals surface area contributed by atoms with Crippen LogP contribution >= 0.6 is 23.2 Å². The zero-order valence-corrected chi connectivity index (χ0v) is 18.9. The lowest BCUT2D eigenvalue weighted by Gasteiger charge is -2.37. The summed E-state index contributed by atoms with van der Waals surface area (Å²) in [5, 5.41) is 14.0. The van der Waals surface area contributed by atoms with Crippen LogP contribution in [0.15, 0.2) is 47.7 Å². The second kappa shape index (κ2) is 7.71. The van der Waals surface area contributed by atoms with Gasteiger partial charge in [0.2, 0.25) is 5.91 Å². The minimum atomic E-state index is -0.774. The molecule has 0 bridgehead atoms. The lowest BCUT2D eigenvalue weighted by Crippen LogP contribution is -2.38. The molecule has 0 saturated heterocycles. The van der Waals surface area contributed by atoms with Gasteiger partial charge in [-0.3, -0.25) is 14.5 Å². The fourth-order valence-corrected chi connectivity index (χ4v) is 5.05. The molecule has 0 saturated carbocycles. The number of fused-ring (bicyclic) bond motifs is 1. The number of rotatable bonds is 1. The van der Waals surface area contributed by atoms with Crippen LogP contribution in [0.5, 0.6) is 0 Å². The molecule has 1 atom stereocenters. The Morgan fingerprint density at radius 1 is 1.23 bits per heavy atom. The molecule has 2 aromatic rings. The summed E-state index contributed by atoms with van der Waals surface area (Å²) in [5.41, 5.74) is 2.98. The van der Waals surface area contributed by atoms with Crippen molar-refractivity contribution in [1.29, 1.82) is 5.26 Å². The highest BCUT2D eigenvalue weighted by Gasteiger charge is 2.43. The van der Waals surface area contributed by atoms with E-state index in [1.807, 2.05) is 19.9 Å². The van der Waals surface area contributed by atoms with Gasteiger partial charge < -0.3 is 5.32 Å². The predicted molar refractivity (Wildman–Crippen MR) is 122 cm³/mol. The summed E-state index contributed by atoms with van der Waals surface area (Å²) in [6.07, 6.45) is 0.972. The van der Waals surface area contributed by atoms with Gasteiger partial charge in [0.1, 0.15) is 6.07 Å². The lowest BCUT2D eigenvalue weighted by molar-refractivity contribution is -0.118. The molecular weight excluding hydrogens is 433 g/mol. The number of nitriles is 1. The maximum absolute atomic E-state index is 13.5. The number of Topliss-reactive ketones (excluding diaryl/α,β-unsaturated/α-hetero) is 1. The Morgan fingerprint density at radius 2 is 1.97 bits per heavy atom. The van der Waals surface area contributed by atoms with Crippen molar-refractivity contribution in [2.24, 2.45) is 5.41 Å². The third-order valence-corrected chi connectivity index (χ3v) is 6.29. The molecule has 2 aliphatic rings. The first kappa shape index (κ1) is 21.4. The summed E-state index contributed by atoms with van der Waals surface area (Å²) in [4.78, 5) is 28.0. The topological polar surface area (TPSA) is 73.2 Å². The summed E-state index contributed by atoms with van der Waals surface area (Å²) in [7, 11) is 0. The molecule has 0 radical (unpaired) electrons. The number of allylic oxidation sites excluding steroid dienone is 1. The second-order valence-electron chi connectivity index (χ2n) is 8.73. The maximum atomic E-state index is 13.5. The third-order valence-electron chi connectivity index (χ3n) is 5.73. The van der Waals surface area contributed by atoms with Gasteiger partial charge in [-0.25, -0.2) is 0 Å². The summed E-state index contributed by atoms with van der Waals surface area (Å²) in [6.45, 7) is 5.51. The molecule has 1 heterocycles. The highest BCUT2D eigenvalue weighted by Crippen LogP contribution is 2.50. The normalized spacial score (nSPS) is 19.7. The zero-order chi connectivity index (χ0) is 22.5. The van der Waals surface area contributed by atoms with Crippen molar-refractivity contribution in [3.63, 3.8) is 0 Å². The standard InChI is InChI=1S/C24H21Cl2N3O2/c1-13(30)29-22-14(12-27)5-4-6-18(22)28-19-10-24(2,3)11-20(31)21(19)23(29)16-8-7-15(25)9-17(16)26/h4-9,23,28H,10-11H2,1-3H3. The zero-order valence-electron chi connectivity index (χ0n) is 17.4. The van der Waals surface area contributed by atoms with Gasteiger partial charge in [-0.05, 0) is 41.7 Å². The quantitative estimate of drug-likeness (QED) is 0.571. The number of para-hydroxylation sites is 1. The summed E-state index contributed by atoms with van der Waals surface area (Å²) >= 11 is 12.7. The van der Waals surface area contributed by atoms with E-state index in [0.29, 0.717) is 51.0 Å². The molecule has 7 heteroatoms. The molecule has 2 aromatic carbocycles.